The number of amides is 1. The predicted molar refractivity (Wildman–Crippen MR) is 82.1 cm³/mol. The molecule has 1 fully saturated rings. The van der Waals surface area contributed by atoms with E-state index in [9.17, 15) is 9.18 Å². The first-order valence-corrected chi connectivity index (χ1v) is 7.53. The molecule has 8 nitrogen and oxygen atoms in total. The summed E-state index contributed by atoms with van der Waals surface area (Å²) in [6.45, 7) is 2.07. The number of carbonyl (C=O) groups is 1. The van der Waals surface area contributed by atoms with Gasteiger partial charge in [-0.05, 0) is 6.07 Å². The van der Waals surface area contributed by atoms with Crippen LogP contribution in [0.1, 0.15) is 28.4 Å². The van der Waals surface area contributed by atoms with Gasteiger partial charge in [0.1, 0.15) is 17.9 Å². The fourth-order valence-corrected chi connectivity index (χ4v) is 2.84. The van der Waals surface area contributed by atoms with Crippen LogP contribution in [0.25, 0.3) is 0 Å². The van der Waals surface area contributed by atoms with E-state index in [2.05, 4.69) is 15.5 Å². The SMILES string of the molecule is Cc1nnc(N2C[C@@H](F)C[C@H]2CNC(=O)c2cc(C#N)cn2C)o1. The third kappa shape index (κ3) is 3.08. The third-order valence-corrected chi connectivity index (χ3v) is 3.99. The molecule has 1 aliphatic rings. The normalized spacial score (nSPS) is 20.2. The van der Waals surface area contributed by atoms with Gasteiger partial charge in [-0.3, -0.25) is 4.79 Å². The number of hydrogen-bond donors (Lipinski definition) is 1. The van der Waals surface area contributed by atoms with Gasteiger partial charge >= 0.3 is 6.01 Å². The van der Waals surface area contributed by atoms with Crippen molar-refractivity contribution in [3.05, 3.63) is 29.4 Å². The third-order valence-electron chi connectivity index (χ3n) is 3.99. The molecule has 0 spiro atoms. The molecular weight excluding hydrogens is 315 g/mol. The Morgan fingerprint density at radius 2 is 2.38 bits per heavy atom. The molecule has 2 atom stereocenters. The number of hydrogen-bond acceptors (Lipinski definition) is 6. The van der Waals surface area contributed by atoms with Crippen molar-refractivity contribution < 1.29 is 13.6 Å². The van der Waals surface area contributed by atoms with Crippen molar-refractivity contribution in [3.8, 4) is 6.07 Å². The topological polar surface area (TPSA) is 100.0 Å². The van der Waals surface area contributed by atoms with Crippen molar-refractivity contribution in [2.24, 2.45) is 7.05 Å². The Bertz CT molecular complexity index is 792. The van der Waals surface area contributed by atoms with Crippen LogP contribution in [-0.2, 0) is 7.05 Å². The molecule has 126 valence electrons. The molecule has 3 heterocycles. The van der Waals surface area contributed by atoms with Gasteiger partial charge in [0, 0.05) is 33.1 Å². The minimum Gasteiger partial charge on any atom is -0.408 e. The van der Waals surface area contributed by atoms with Crippen molar-refractivity contribution >= 4 is 11.9 Å². The Morgan fingerprint density at radius 1 is 1.58 bits per heavy atom. The van der Waals surface area contributed by atoms with E-state index in [0.717, 1.165) is 0 Å². The zero-order valence-corrected chi connectivity index (χ0v) is 13.4. The van der Waals surface area contributed by atoms with Crippen LogP contribution in [0.5, 0.6) is 0 Å². The van der Waals surface area contributed by atoms with E-state index in [0.29, 0.717) is 17.1 Å². The Hall–Kier alpha value is -2.89. The highest BCUT2D eigenvalue weighted by molar-refractivity contribution is 5.93. The molecule has 0 unspecified atom stereocenters. The average molecular weight is 332 g/mol. The van der Waals surface area contributed by atoms with Crippen molar-refractivity contribution in [2.45, 2.75) is 25.6 Å². The van der Waals surface area contributed by atoms with Crippen LogP contribution < -0.4 is 10.2 Å². The molecular formula is C15H17FN6O2. The highest BCUT2D eigenvalue weighted by Crippen LogP contribution is 2.26. The number of rotatable bonds is 4. The van der Waals surface area contributed by atoms with Crippen LogP contribution >= 0.6 is 0 Å². The lowest BCUT2D eigenvalue weighted by Crippen LogP contribution is -2.40. The van der Waals surface area contributed by atoms with Crippen molar-refractivity contribution in [1.29, 1.82) is 5.26 Å². The first-order chi connectivity index (χ1) is 11.5. The van der Waals surface area contributed by atoms with Crippen LogP contribution in [0.2, 0.25) is 0 Å². The zero-order chi connectivity index (χ0) is 17.3. The lowest BCUT2D eigenvalue weighted by Gasteiger charge is -2.22. The van der Waals surface area contributed by atoms with Gasteiger partial charge in [0.2, 0.25) is 5.89 Å². The van der Waals surface area contributed by atoms with Crippen molar-refractivity contribution in [3.63, 3.8) is 0 Å². The highest BCUT2D eigenvalue weighted by Gasteiger charge is 2.35. The molecule has 0 bridgehead atoms. The van der Waals surface area contributed by atoms with Crippen LogP contribution in [0.15, 0.2) is 16.7 Å². The molecule has 2 aromatic rings. The predicted octanol–water partition coefficient (Wildman–Crippen LogP) is 0.935. The lowest BCUT2D eigenvalue weighted by atomic mass is 10.2. The number of aryl methyl sites for hydroxylation is 2. The van der Waals surface area contributed by atoms with Gasteiger partial charge in [0.15, 0.2) is 0 Å². The number of anilines is 1. The lowest BCUT2D eigenvalue weighted by molar-refractivity contribution is 0.0942. The largest absolute Gasteiger partial charge is 0.408 e. The maximum atomic E-state index is 13.8. The monoisotopic (exact) mass is 332 g/mol. The molecule has 1 N–H and O–H groups in total. The summed E-state index contributed by atoms with van der Waals surface area (Å²) in [5.41, 5.74) is 0.789. The maximum absolute atomic E-state index is 13.8. The van der Waals surface area contributed by atoms with Crippen molar-refractivity contribution in [2.75, 3.05) is 18.0 Å². The van der Waals surface area contributed by atoms with Crippen LogP contribution in [0, 0.1) is 18.3 Å². The van der Waals surface area contributed by atoms with Gasteiger partial charge in [-0.25, -0.2) is 4.39 Å². The Morgan fingerprint density at radius 3 is 3.00 bits per heavy atom. The summed E-state index contributed by atoms with van der Waals surface area (Å²) in [7, 11) is 1.69. The number of halogens is 1. The number of aromatic nitrogens is 3. The fourth-order valence-electron chi connectivity index (χ4n) is 2.84. The molecule has 0 aromatic carbocycles. The average Bonchev–Trinajstić information content (AvgIpc) is 3.23. The van der Waals surface area contributed by atoms with E-state index in [1.165, 1.54) is 6.07 Å². The minimum absolute atomic E-state index is 0.158. The summed E-state index contributed by atoms with van der Waals surface area (Å²) >= 11 is 0. The number of nitriles is 1. The summed E-state index contributed by atoms with van der Waals surface area (Å²) in [6, 6.07) is 3.50. The second kappa shape index (κ2) is 6.31. The maximum Gasteiger partial charge on any atom is 0.318 e. The van der Waals surface area contributed by atoms with E-state index in [-0.39, 0.29) is 37.5 Å². The summed E-state index contributed by atoms with van der Waals surface area (Å²) in [6.07, 6.45) is 0.841. The standard InChI is InChI=1S/C15H17FN6O2/c1-9-19-20-15(24-9)22-8-11(16)4-12(22)6-18-14(23)13-3-10(5-17)7-21(13)2/h3,7,11-12H,4,6,8H2,1-2H3,(H,18,23)/t11-,12-/m0/s1. The smallest absolute Gasteiger partial charge is 0.318 e. The summed E-state index contributed by atoms with van der Waals surface area (Å²) in [5, 5.41) is 19.3. The van der Waals surface area contributed by atoms with Crippen molar-refractivity contribution in [1.82, 2.24) is 20.1 Å². The van der Waals surface area contributed by atoms with Gasteiger partial charge in [-0.15, -0.1) is 5.10 Å². The van der Waals surface area contributed by atoms with E-state index in [1.54, 1.807) is 29.6 Å². The molecule has 0 radical (unpaired) electrons. The van der Waals surface area contributed by atoms with Crippen LogP contribution in [0.3, 0.4) is 0 Å². The summed E-state index contributed by atoms with van der Waals surface area (Å²) in [4.78, 5) is 14.0. The molecule has 0 aliphatic carbocycles. The molecule has 1 amide bonds. The minimum atomic E-state index is -1.01. The first kappa shape index (κ1) is 16.0. The number of nitrogens with zero attached hydrogens (tertiary/aromatic N) is 5. The van der Waals surface area contributed by atoms with Gasteiger partial charge < -0.3 is 19.2 Å². The summed E-state index contributed by atoms with van der Waals surface area (Å²) < 4.78 is 20.7. The van der Waals surface area contributed by atoms with E-state index in [4.69, 9.17) is 9.68 Å². The number of nitrogens with one attached hydrogen (secondary N) is 1. The Kier molecular flexibility index (Phi) is 4.20. The highest BCUT2D eigenvalue weighted by atomic mass is 19.1. The molecule has 1 aliphatic heterocycles. The van der Waals surface area contributed by atoms with E-state index >= 15 is 0 Å². The second-order valence-corrected chi connectivity index (χ2v) is 5.79. The Balaban J connectivity index is 1.67. The van der Waals surface area contributed by atoms with Gasteiger partial charge in [0.05, 0.1) is 18.2 Å². The molecule has 1 saturated heterocycles. The first-order valence-electron chi connectivity index (χ1n) is 7.53. The number of carbonyl (C=O) groups excluding carboxylic acids is 1. The second-order valence-electron chi connectivity index (χ2n) is 5.79. The number of alkyl halides is 1. The van der Waals surface area contributed by atoms with Gasteiger partial charge in [-0.2, -0.15) is 5.26 Å². The fraction of sp³-hybridized carbons (Fsp3) is 0.467. The van der Waals surface area contributed by atoms with Gasteiger partial charge in [-0.1, -0.05) is 5.10 Å². The Labute approximate surface area is 137 Å². The quantitative estimate of drug-likeness (QED) is 0.894. The zero-order valence-electron chi connectivity index (χ0n) is 13.4. The van der Waals surface area contributed by atoms with E-state index in [1.807, 2.05) is 6.07 Å². The van der Waals surface area contributed by atoms with Crippen LogP contribution in [0.4, 0.5) is 10.4 Å². The molecule has 9 heteroatoms. The van der Waals surface area contributed by atoms with Gasteiger partial charge in [0.25, 0.3) is 5.91 Å². The molecule has 2 aromatic heterocycles. The molecule has 0 saturated carbocycles. The molecule has 3 rings (SSSR count). The summed E-state index contributed by atoms with van der Waals surface area (Å²) in [5.74, 6) is 0.0888. The van der Waals surface area contributed by atoms with Crippen LogP contribution in [-0.4, -0.2) is 46.0 Å². The van der Waals surface area contributed by atoms with E-state index < -0.39 is 6.17 Å². The molecule has 24 heavy (non-hydrogen) atoms.